The van der Waals surface area contributed by atoms with Gasteiger partial charge in [0.2, 0.25) is 0 Å². The summed E-state index contributed by atoms with van der Waals surface area (Å²) in [6.07, 6.45) is 3.32. The molecule has 23 heavy (non-hydrogen) atoms. The Morgan fingerprint density at radius 1 is 1.52 bits per heavy atom. The molecule has 0 radical (unpaired) electrons. The number of ether oxygens (including phenoxy) is 1. The number of primary amides is 1. The number of carbonyl (C=O) groups is 2. The molecule has 120 valence electrons. The zero-order valence-electron chi connectivity index (χ0n) is 12.0. The van der Waals surface area contributed by atoms with E-state index >= 15 is 0 Å². The summed E-state index contributed by atoms with van der Waals surface area (Å²) in [5, 5.41) is 0.321. The lowest BCUT2D eigenvalue weighted by atomic mass is 10.2. The first-order valence-electron chi connectivity index (χ1n) is 6.49. The zero-order valence-corrected chi connectivity index (χ0v) is 14.3. The number of thioether (sulfide) groups is 1. The molecule has 1 heterocycles. The van der Waals surface area contributed by atoms with Crippen molar-refractivity contribution in [1.29, 1.82) is 0 Å². The second-order valence-electron chi connectivity index (χ2n) is 4.53. The van der Waals surface area contributed by atoms with Crippen molar-refractivity contribution >= 4 is 57.8 Å². The quantitative estimate of drug-likeness (QED) is 0.474. The summed E-state index contributed by atoms with van der Waals surface area (Å²) >= 11 is 12.5. The summed E-state index contributed by atoms with van der Waals surface area (Å²) in [4.78, 5) is 24.9. The van der Waals surface area contributed by atoms with E-state index in [0.29, 0.717) is 26.5 Å². The number of amides is 2. The molecule has 8 heteroatoms. The molecule has 2 rings (SSSR count). The first kappa shape index (κ1) is 17.5. The Morgan fingerprint density at radius 2 is 2.26 bits per heavy atom. The van der Waals surface area contributed by atoms with Crippen LogP contribution in [0.25, 0.3) is 6.08 Å². The van der Waals surface area contributed by atoms with Gasteiger partial charge >= 0.3 is 0 Å². The third-order valence-corrected chi connectivity index (χ3v) is 4.48. The first-order valence-corrected chi connectivity index (χ1v) is 8.09. The van der Waals surface area contributed by atoms with Crippen LogP contribution in [0.1, 0.15) is 5.56 Å². The molecule has 5 nitrogen and oxygen atoms in total. The Morgan fingerprint density at radius 3 is 2.87 bits per heavy atom. The van der Waals surface area contributed by atoms with E-state index in [1.807, 2.05) is 0 Å². The standard InChI is InChI=1S/C15H13ClN2O3S2/c1-2-5-18-14(20)12(23-15(18)22)7-9-3-4-11(10(16)6-9)21-8-13(17)19/h2-4,6-7H,1,5,8H2,(H2,17,19). The minimum absolute atomic E-state index is 0.162. The van der Waals surface area contributed by atoms with Crippen molar-refractivity contribution in [2.24, 2.45) is 5.73 Å². The van der Waals surface area contributed by atoms with Gasteiger partial charge in [-0.25, -0.2) is 0 Å². The van der Waals surface area contributed by atoms with Crippen molar-refractivity contribution in [2.75, 3.05) is 13.2 Å². The van der Waals surface area contributed by atoms with E-state index in [4.69, 9.17) is 34.3 Å². The molecule has 0 atom stereocenters. The highest BCUT2D eigenvalue weighted by atomic mass is 35.5. The van der Waals surface area contributed by atoms with Gasteiger partial charge in [-0.2, -0.15) is 0 Å². The third-order valence-electron chi connectivity index (χ3n) is 2.81. The number of hydrogen-bond donors (Lipinski definition) is 1. The van der Waals surface area contributed by atoms with Crippen molar-refractivity contribution in [3.63, 3.8) is 0 Å². The average molecular weight is 369 g/mol. The van der Waals surface area contributed by atoms with Crippen molar-refractivity contribution in [1.82, 2.24) is 4.90 Å². The van der Waals surface area contributed by atoms with Crippen molar-refractivity contribution in [3.8, 4) is 5.75 Å². The molecule has 1 fully saturated rings. The van der Waals surface area contributed by atoms with Crippen LogP contribution >= 0.6 is 35.6 Å². The lowest BCUT2D eigenvalue weighted by molar-refractivity contribution is -0.122. The van der Waals surface area contributed by atoms with Crippen LogP contribution in [0, 0.1) is 0 Å². The zero-order chi connectivity index (χ0) is 17.0. The maximum Gasteiger partial charge on any atom is 0.266 e. The minimum Gasteiger partial charge on any atom is -0.482 e. The highest BCUT2D eigenvalue weighted by Gasteiger charge is 2.30. The molecule has 1 aliphatic rings. The summed E-state index contributed by atoms with van der Waals surface area (Å²) < 4.78 is 5.67. The molecule has 0 aromatic heterocycles. The van der Waals surface area contributed by atoms with Crippen molar-refractivity contribution < 1.29 is 14.3 Å². The Hall–Kier alpha value is -1.83. The number of nitrogens with zero attached hydrogens (tertiary/aromatic N) is 1. The Kier molecular flexibility index (Phi) is 5.81. The molecule has 1 aliphatic heterocycles. The lowest BCUT2D eigenvalue weighted by Crippen LogP contribution is -2.27. The van der Waals surface area contributed by atoms with Gasteiger partial charge in [0, 0.05) is 6.54 Å². The van der Waals surface area contributed by atoms with Crippen LogP contribution in [0.15, 0.2) is 35.8 Å². The van der Waals surface area contributed by atoms with E-state index < -0.39 is 5.91 Å². The van der Waals surface area contributed by atoms with Crippen LogP contribution in [0.2, 0.25) is 5.02 Å². The minimum atomic E-state index is -0.587. The van der Waals surface area contributed by atoms with Crippen molar-refractivity contribution in [2.45, 2.75) is 0 Å². The predicted octanol–water partition coefficient (Wildman–Crippen LogP) is 2.59. The van der Waals surface area contributed by atoms with E-state index in [-0.39, 0.29) is 12.5 Å². The maximum atomic E-state index is 12.2. The molecule has 1 aromatic carbocycles. The lowest BCUT2D eigenvalue weighted by Gasteiger charge is -2.10. The van der Waals surface area contributed by atoms with Crippen LogP contribution in [0.3, 0.4) is 0 Å². The molecule has 2 N–H and O–H groups in total. The smallest absolute Gasteiger partial charge is 0.266 e. The second-order valence-corrected chi connectivity index (χ2v) is 6.61. The van der Waals surface area contributed by atoms with E-state index in [1.165, 1.54) is 16.7 Å². The number of benzene rings is 1. The largest absolute Gasteiger partial charge is 0.482 e. The van der Waals surface area contributed by atoms with Gasteiger partial charge < -0.3 is 10.5 Å². The number of carbonyl (C=O) groups excluding carboxylic acids is 2. The van der Waals surface area contributed by atoms with Gasteiger partial charge in [0.15, 0.2) is 6.61 Å². The van der Waals surface area contributed by atoms with E-state index in [9.17, 15) is 9.59 Å². The molecular weight excluding hydrogens is 356 g/mol. The summed E-state index contributed by atoms with van der Waals surface area (Å²) in [7, 11) is 0. The number of thiocarbonyl (C=S) groups is 1. The fourth-order valence-electron chi connectivity index (χ4n) is 1.81. The Bertz CT molecular complexity index is 719. The molecule has 1 aromatic rings. The highest BCUT2D eigenvalue weighted by Crippen LogP contribution is 2.33. The summed E-state index contributed by atoms with van der Waals surface area (Å²) in [5.74, 6) is -0.400. The molecular formula is C15H13ClN2O3S2. The number of rotatable bonds is 6. The van der Waals surface area contributed by atoms with E-state index in [0.717, 1.165) is 5.56 Å². The average Bonchev–Trinajstić information content (AvgIpc) is 2.74. The number of hydrogen-bond acceptors (Lipinski definition) is 5. The molecule has 0 spiro atoms. The predicted molar refractivity (Wildman–Crippen MR) is 96.2 cm³/mol. The first-order chi connectivity index (χ1) is 10.9. The SMILES string of the molecule is C=CCN1C(=O)C(=Cc2ccc(OCC(N)=O)c(Cl)c2)SC1=S. The number of halogens is 1. The van der Waals surface area contributed by atoms with Crippen LogP contribution in [0.4, 0.5) is 0 Å². The normalized spacial score (nSPS) is 16.0. The van der Waals surface area contributed by atoms with Gasteiger partial charge in [0.05, 0.1) is 9.93 Å². The van der Waals surface area contributed by atoms with Gasteiger partial charge in [0.1, 0.15) is 10.1 Å². The van der Waals surface area contributed by atoms with Crippen LogP contribution in [-0.2, 0) is 9.59 Å². The van der Waals surface area contributed by atoms with Crippen LogP contribution < -0.4 is 10.5 Å². The molecule has 0 unspecified atom stereocenters. The molecule has 0 bridgehead atoms. The number of nitrogens with two attached hydrogens (primary N) is 1. The third kappa shape index (κ3) is 4.34. The van der Waals surface area contributed by atoms with Gasteiger partial charge in [-0.3, -0.25) is 14.5 Å². The monoisotopic (exact) mass is 368 g/mol. The van der Waals surface area contributed by atoms with E-state index in [2.05, 4.69) is 6.58 Å². The summed E-state index contributed by atoms with van der Waals surface area (Å²) in [5.41, 5.74) is 5.74. The fourth-order valence-corrected chi connectivity index (χ4v) is 3.33. The molecule has 2 amide bonds. The molecule has 0 aliphatic carbocycles. The Labute approximate surface area is 148 Å². The van der Waals surface area contributed by atoms with Crippen molar-refractivity contribution in [3.05, 3.63) is 46.3 Å². The Balaban J connectivity index is 2.18. The van der Waals surface area contributed by atoms with Gasteiger partial charge in [-0.1, -0.05) is 47.7 Å². The summed E-state index contributed by atoms with van der Waals surface area (Å²) in [6, 6.07) is 4.97. The van der Waals surface area contributed by atoms with Gasteiger partial charge in [-0.05, 0) is 23.8 Å². The fraction of sp³-hybridized carbons (Fsp3) is 0.133. The van der Waals surface area contributed by atoms with Crippen LogP contribution in [-0.4, -0.2) is 34.2 Å². The molecule has 1 saturated heterocycles. The topological polar surface area (TPSA) is 72.6 Å². The maximum absolute atomic E-state index is 12.2. The van der Waals surface area contributed by atoms with Gasteiger partial charge in [-0.15, -0.1) is 6.58 Å². The molecule has 0 saturated carbocycles. The van der Waals surface area contributed by atoms with E-state index in [1.54, 1.807) is 30.4 Å². The summed E-state index contributed by atoms with van der Waals surface area (Å²) in [6.45, 7) is 3.73. The second kappa shape index (κ2) is 7.63. The van der Waals surface area contributed by atoms with Gasteiger partial charge in [0.25, 0.3) is 11.8 Å². The highest BCUT2D eigenvalue weighted by molar-refractivity contribution is 8.26. The van der Waals surface area contributed by atoms with Crippen LogP contribution in [0.5, 0.6) is 5.75 Å².